The van der Waals surface area contributed by atoms with Crippen LogP contribution in [0.2, 0.25) is 0 Å². The molecular weight excluding hydrogens is 224 g/mol. The second kappa shape index (κ2) is 6.99. The number of hydrogen-bond acceptors (Lipinski definition) is 2. The summed E-state index contributed by atoms with van der Waals surface area (Å²) in [5.41, 5.74) is 1.00. The molecule has 0 atom stereocenters. The molecule has 0 unspecified atom stereocenters. The van der Waals surface area contributed by atoms with Gasteiger partial charge in [-0.2, -0.15) is 0 Å². The van der Waals surface area contributed by atoms with Gasteiger partial charge in [0.2, 0.25) is 0 Å². The highest BCUT2D eigenvalue weighted by molar-refractivity contribution is 5.80. The third kappa shape index (κ3) is 4.02. The molecule has 1 aliphatic carbocycles. The van der Waals surface area contributed by atoms with Crippen molar-refractivity contribution in [3.8, 4) is 0 Å². The Bertz CT molecular complexity index is 369. The molecule has 0 aliphatic heterocycles. The van der Waals surface area contributed by atoms with E-state index in [1.807, 2.05) is 24.4 Å². The molecule has 1 aromatic rings. The van der Waals surface area contributed by atoms with Crippen molar-refractivity contribution in [2.45, 2.75) is 45.2 Å². The lowest BCUT2D eigenvalue weighted by Crippen LogP contribution is -2.42. The first-order valence-electron chi connectivity index (χ1n) is 6.83. The van der Waals surface area contributed by atoms with Crippen molar-refractivity contribution in [3.05, 3.63) is 30.1 Å². The average Bonchev–Trinajstić information content (AvgIpc) is 2.90. The van der Waals surface area contributed by atoms with Crippen LogP contribution in [0.5, 0.6) is 0 Å². The monoisotopic (exact) mass is 246 g/mol. The fourth-order valence-corrected chi connectivity index (χ4v) is 2.24. The van der Waals surface area contributed by atoms with Crippen LogP contribution in [0.3, 0.4) is 0 Å². The summed E-state index contributed by atoms with van der Waals surface area (Å²) in [6.45, 7) is 3.61. The molecule has 1 aromatic heterocycles. The Hall–Kier alpha value is -1.58. The molecule has 1 fully saturated rings. The Morgan fingerprint density at radius 3 is 2.89 bits per heavy atom. The zero-order valence-corrected chi connectivity index (χ0v) is 11.0. The first-order chi connectivity index (χ1) is 8.88. The molecule has 0 radical (unpaired) electrons. The summed E-state index contributed by atoms with van der Waals surface area (Å²) >= 11 is 0. The van der Waals surface area contributed by atoms with Crippen molar-refractivity contribution in [2.24, 2.45) is 4.99 Å². The van der Waals surface area contributed by atoms with Crippen LogP contribution in [0.15, 0.2) is 29.4 Å². The number of hydrogen-bond donors (Lipinski definition) is 2. The Balaban J connectivity index is 1.91. The third-order valence-corrected chi connectivity index (χ3v) is 3.17. The van der Waals surface area contributed by atoms with Crippen LogP contribution in [-0.4, -0.2) is 23.5 Å². The molecule has 4 heteroatoms. The summed E-state index contributed by atoms with van der Waals surface area (Å²) in [5, 5.41) is 6.79. The predicted octanol–water partition coefficient (Wildman–Crippen LogP) is 2.08. The molecular formula is C14H22N4. The molecule has 1 saturated carbocycles. The van der Waals surface area contributed by atoms with Gasteiger partial charge in [-0.05, 0) is 31.9 Å². The number of nitrogens with zero attached hydrogens (tertiary/aromatic N) is 2. The van der Waals surface area contributed by atoms with E-state index < -0.39 is 0 Å². The van der Waals surface area contributed by atoms with Crippen LogP contribution >= 0.6 is 0 Å². The van der Waals surface area contributed by atoms with Gasteiger partial charge in [-0.25, -0.2) is 4.99 Å². The maximum absolute atomic E-state index is 4.58. The summed E-state index contributed by atoms with van der Waals surface area (Å²) in [4.78, 5) is 8.86. The highest BCUT2D eigenvalue weighted by atomic mass is 15.2. The summed E-state index contributed by atoms with van der Waals surface area (Å²) in [7, 11) is 0. The van der Waals surface area contributed by atoms with Crippen molar-refractivity contribution in [2.75, 3.05) is 6.54 Å². The number of aliphatic imine (C=N–C) groups is 1. The van der Waals surface area contributed by atoms with E-state index in [1.54, 1.807) is 0 Å². The normalized spacial score (nSPS) is 16.8. The lowest BCUT2D eigenvalue weighted by atomic mass is 10.2. The van der Waals surface area contributed by atoms with E-state index >= 15 is 0 Å². The highest BCUT2D eigenvalue weighted by Crippen LogP contribution is 2.17. The second-order valence-electron chi connectivity index (χ2n) is 4.64. The predicted molar refractivity (Wildman–Crippen MR) is 74.4 cm³/mol. The van der Waals surface area contributed by atoms with Crippen molar-refractivity contribution >= 4 is 5.96 Å². The molecule has 2 N–H and O–H groups in total. The molecule has 2 rings (SSSR count). The van der Waals surface area contributed by atoms with Gasteiger partial charge in [0.25, 0.3) is 0 Å². The van der Waals surface area contributed by atoms with Crippen LogP contribution in [0.1, 0.15) is 38.3 Å². The van der Waals surface area contributed by atoms with E-state index in [0.29, 0.717) is 12.6 Å². The van der Waals surface area contributed by atoms with Crippen molar-refractivity contribution in [3.63, 3.8) is 0 Å². The minimum atomic E-state index is 0.589. The molecule has 98 valence electrons. The van der Waals surface area contributed by atoms with Gasteiger partial charge in [0, 0.05) is 18.8 Å². The minimum Gasteiger partial charge on any atom is -0.357 e. The topological polar surface area (TPSA) is 49.3 Å². The molecule has 0 spiro atoms. The minimum absolute atomic E-state index is 0.589. The van der Waals surface area contributed by atoms with Crippen LogP contribution < -0.4 is 10.6 Å². The molecule has 0 aromatic carbocycles. The Morgan fingerprint density at radius 1 is 1.39 bits per heavy atom. The number of nitrogens with one attached hydrogen (secondary N) is 2. The van der Waals surface area contributed by atoms with Crippen LogP contribution in [0, 0.1) is 0 Å². The summed E-state index contributed by atoms with van der Waals surface area (Å²) < 4.78 is 0. The van der Waals surface area contributed by atoms with Crippen LogP contribution in [-0.2, 0) is 6.54 Å². The third-order valence-electron chi connectivity index (χ3n) is 3.17. The SMILES string of the molecule is CCNC(=NCc1ccccn1)NC1CCCC1. The van der Waals surface area contributed by atoms with Crippen LogP contribution in [0.4, 0.5) is 0 Å². The number of pyridine rings is 1. The second-order valence-corrected chi connectivity index (χ2v) is 4.64. The Labute approximate surface area is 109 Å². The van der Waals surface area contributed by atoms with Crippen molar-refractivity contribution in [1.29, 1.82) is 0 Å². The van der Waals surface area contributed by atoms with Crippen molar-refractivity contribution in [1.82, 2.24) is 15.6 Å². The van der Waals surface area contributed by atoms with E-state index in [1.165, 1.54) is 25.7 Å². The summed E-state index contributed by atoms with van der Waals surface area (Å²) in [5.74, 6) is 0.912. The van der Waals surface area contributed by atoms with Gasteiger partial charge in [-0.1, -0.05) is 18.9 Å². The fourth-order valence-electron chi connectivity index (χ4n) is 2.24. The quantitative estimate of drug-likeness (QED) is 0.631. The first-order valence-corrected chi connectivity index (χ1v) is 6.83. The zero-order chi connectivity index (χ0) is 12.6. The lowest BCUT2D eigenvalue weighted by molar-refractivity contribution is 0.613. The van der Waals surface area contributed by atoms with Crippen LogP contribution in [0.25, 0.3) is 0 Å². The van der Waals surface area contributed by atoms with Gasteiger partial charge < -0.3 is 10.6 Å². The largest absolute Gasteiger partial charge is 0.357 e. The van der Waals surface area contributed by atoms with E-state index in [2.05, 4.69) is 27.5 Å². The van der Waals surface area contributed by atoms with Gasteiger partial charge in [-0.3, -0.25) is 4.98 Å². The van der Waals surface area contributed by atoms with Gasteiger partial charge in [0.15, 0.2) is 5.96 Å². The molecule has 0 amide bonds. The number of aromatic nitrogens is 1. The Kier molecular flexibility index (Phi) is 5.00. The molecule has 4 nitrogen and oxygen atoms in total. The van der Waals surface area contributed by atoms with E-state index in [4.69, 9.17) is 0 Å². The molecule has 18 heavy (non-hydrogen) atoms. The van der Waals surface area contributed by atoms with E-state index in [-0.39, 0.29) is 0 Å². The first kappa shape index (κ1) is 12.9. The smallest absolute Gasteiger partial charge is 0.191 e. The molecule has 1 aliphatic rings. The summed E-state index contributed by atoms with van der Waals surface area (Å²) in [6, 6.07) is 6.51. The van der Waals surface area contributed by atoms with Gasteiger partial charge in [0.1, 0.15) is 0 Å². The average molecular weight is 246 g/mol. The van der Waals surface area contributed by atoms with Gasteiger partial charge in [-0.15, -0.1) is 0 Å². The lowest BCUT2D eigenvalue weighted by Gasteiger charge is -2.16. The molecule has 0 bridgehead atoms. The zero-order valence-electron chi connectivity index (χ0n) is 11.0. The Morgan fingerprint density at radius 2 is 2.22 bits per heavy atom. The number of rotatable bonds is 4. The van der Waals surface area contributed by atoms with Gasteiger partial charge in [0.05, 0.1) is 12.2 Å². The van der Waals surface area contributed by atoms with E-state index in [9.17, 15) is 0 Å². The highest BCUT2D eigenvalue weighted by Gasteiger charge is 2.15. The molecule has 0 saturated heterocycles. The molecule has 1 heterocycles. The van der Waals surface area contributed by atoms with Crippen molar-refractivity contribution < 1.29 is 0 Å². The summed E-state index contributed by atoms with van der Waals surface area (Å²) in [6.07, 6.45) is 6.98. The van der Waals surface area contributed by atoms with Gasteiger partial charge >= 0.3 is 0 Å². The maximum Gasteiger partial charge on any atom is 0.191 e. The fraction of sp³-hybridized carbons (Fsp3) is 0.571. The maximum atomic E-state index is 4.58. The standard InChI is InChI=1S/C14H22N4/c1-2-15-14(18-12-7-3-4-8-12)17-11-13-9-5-6-10-16-13/h5-6,9-10,12H,2-4,7-8,11H2,1H3,(H2,15,17,18). The number of guanidine groups is 1. The van der Waals surface area contributed by atoms with E-state index in [0.717, 1.165) is 18.2 Å².